The number of aromatic nitrogens is 2. The maximum absolute atomic E-state index is 13.7. The number of carbonyl (C=O) groups is 4. The fourth-order valence-corrected chi connectivity index (χ4v) is 9.05. The highest BCUT2D eigenvalue weighted by Crippen LogP contribution is 2.50. The van der Waals surface area contributed by atoms with E-state index in [1.807, 2.05) is 35.0 Å². The Labute approximate surface area is 229 Å². The van der Waals surface area contributed by atoms with Crippen LogP contribution < -0.4 is 0 Å². The summed E-state index contributed by atoms with van der Waals surface area (Å²) in [6.07, 6.45) is 0. The van der Waals surface area contributed by atoms with Crippen molar-refractivity contribution >= 4 is 100 Å². The zero-order valence-electron chi connectivity index (χ0n) is 19.5. The lowest BCUT2D eigenvalue weighted by atomic mass is 9.84. The molecule has 2 aromatic carbocycles. The van der Waals surface area contributed by atoms with E-state index in [4.69, 9.17) is 9.97 Å². The van der Waals surface area contributed by atoms with Gasteiger partial charge in [-0.15, -0.1) is 45.3 Å². The van der Waals surface area contributed by atoms with Gasteiger partial charge in [-0.1, -0.05) is 12.1 Å². The molecule has 2 aliphatic heterocycles. The van der Waals surface area contributed by atoms with Crippen LogP contribution >= 0.6 is 45.3 Å². The Bertz CT molecular complexity index is 1830. The molecule has 0 aliphatic carbocycles. The molecular formula is C26H12N4O4S4. The lowest BCUT2D eigenvalue weighted by Crippen LogP contribution is -2.40. The molecule has 0 unspecified atom stereocenters. The molecule has 38 heavy (non-hydrogen) atoms. The van der Waals surface area contributed by atoms with Crippen LogP contribution in [0.4, 0.5) is 0 Å². The first-order chi connectivity index (χ1) is 18.4. The van der Waals surface area contributed by atoms with Gasteiger partial charge in [0.2, 0.25) is 0 Å². The Morgan fingerprint density at radius 3 is 1.37 bits per heavy atom. The number of benzene rings is 2. The van der Waals surface area contributed by atoms with E-state index in [-0.39, 0.29) is 22.3 Å². The number of carbonyl (C=O) groups excluding carboxylic acids is 4. The van der Waals surface area contributed by atoms with Crippen LogP contribution in [0.25, 0.3) is 51.0 Å². The fraction of sp³-hybridized carbons (Fsp3) is 0.0769. The number of rotatable bonds is 2. The van der Waals surface area contributed by atoms with E-state index < -0.39 is 23.6 Å². The zero-order chi connectivity index (χ0) is 26.0. The second-order valence-corrected chi connectivity index (χ2v) is 12.8. The Kier molecular flexibility index (Phi) is 4.31. The zero-order valence-corrected chi connectivity index (χ0v) is 22.8. The lowest BCUT2D eigenvalue weighted by molar-refractivity contribution is 0.0633. The van der Waals surface area contributed by atoms with Crippen LogP contribution in [0.2, 0.25) is 0 Å². The molecule has 0 spiro atoms. The molecule has 0 saturated carbocycles. The van der Waals surface area contributed by atoms with Crippen LogP contribution in [-0.2, 0) is 0 Å². The van der Waals surface area contributed by atoms with Gasteiger partial charge in [-0.2, -0.15) is 0 Å². The van der Waals surface area contributed by atoms with Crippen molar-refractivity contribution in [1.29, 1.82) is 0 Å². The van der Waals surface area contributed by atoms with E-state index in [9.17, 15) is 19.2 Å². The van der Waals surface area contributed by atoms with Gasteiger partial charge in [0.15, 0.2) is 0 Å². The summed E-state index contributed by atoms with van der Waals surface area (Å²) in [5, 5.41) is 5.84. The van der Waals surface area contributed by atoms with E-state index in [0.29, 0.717) is 41.2 Å². The van der Waals surface area contributed by atoms with Gasteiger partial charge < -0.3 is 0 Å². The van der Waals surface area contributed by atoms with Gasteiger partial charge >= 0.3 is 0 Å². The van der Waals surface area contributed by atoms with Crippen molar-refractivity contribution in [2.24, 2.45) is 0 Å². The second kappa shape index (κ2) is 7.38. The summed E-state index contributed by atoms with van der Waals surface area (Å²) in [7, 11) is 2.89. The van der Waals surface area contributed by atoms with Gasteiger partial charge in [-0.05, 0) is 22.9 Å². The number of thiophene rings is 2. The second-order valence-electron chi connectivity index (χ2n) is 8.94. The molecule has 8 nitrogen and oxygen atoms in total. The highest BCUT2D eigenvalue weighted by molar-refractivity contribution is 7.26. The SMILES string of the molecule is CN1C(=O)c2c3nc(-c4cccs4)sc3c3c4c(c5nc(-c6cccs6)sc5c(c24)C1=O)C(=O)N(C)C3=O. The van der Waals surface area contributed by atoms with Crippen LogP contribution in [0, 0.1) is 0 Å². The number of fused-ring (bicyclic) bond motifs is 6. The molecule has 0 saturated heterocycles. The fourth-order valence-electron chi connectivity index (χ4n) is 5.22. The van der Waals surface area contributed by atoms with Crippen molar-refractivity contribution in [3.05, 3.63) is 57.3 Å². The average Bonchev–Trinajstić information content (AvgIpc) is 3.72. The predicted molar refractivity (Wildman–Crippen MR) is 150 cm³/mol. The number of hydrogen-bond donors (Lipinski definition) is 0. The number of hydrogen-bond acceptors (Lipinski definition) is 10. The molecule has 12 heteroatoms. The summed E-state index contributed by atoms with van der Waals surface area (Å²) < 4.78 is 1.05. The summed E-state index contributed by atoms with van der Waals surface area (Å²) in [6.45, 7) is 0. The van der Waals surface area contributed by atoms with Gasteiger partial charge in [-0.25, -0.2) is 9.97 Å². The minimum atomic E-state index is -0.505. The van der Waals surface area contributed by atoms with Gasteiger partial charge in [-0.3, -0.25) is 29.0 Å². The number of nitrogens with zero attached hydrogens (tertiary/aromatic N) is 4. The van der Waals surface area contributed by atoms with Gasteiger partial charge in [0, 0.05) is 24.9 Å². The smallest absolute Gasteiger partial charge is 0.263 e. The molecular weight excluding hydrogens is 561 g/mol. The molecule has 4 amide bonds. The van der Waals surface area contributed by atoms with Gasteiger partial charge in [0.25, 0.3) is 23.6 Å². The summed E-state index contributed by atoms with van der Waals surface area (Å²) >= 11 is 5.63. The third kappa shape index (κ3) is 2.57. The van der Waals surface area contributed by atoms with E-state index in [1.54, 1.807) is 0 Å². The van der Waals surface area contributed by atoms with Crippen molar-refractivity contribution in [1.82, 2.24) is 19.8 Å². The maximum atomic E-state index is 13.7. The molecule has 6 aromatic rings. The Morgan fingerprint density at radius 2 is 1.00 bits per heavy atom. The maximum Gasteiger partial charge on any atom is 0.263 e. The molecule has 4 aromatic heterocycles. The van der Waals surface area contributed by atoms with Crippen LogP contribution in [0.5, 0.6) is 0 Å². The monoisotopic (exact) mass is 572 g/mol. The topological polar surface area (TPSA) is 101 Å². The van der Waals surface area contributed by atoms with Crippen molar-refractivity contribution in [2.75, 3.05) is 14.1 Å². The summed E-state index contributed by atoms with van der Waals surface area (Å²) in [6, 6.07) is 7.67. The van der Waals surface area contributed by atoms with Crippen LogP contribution in [0.3, 0.4) is 0 Å². The molecule has 0 atom stereocenters. The average molecular weight is 573 g/mol. The molecule has 6 heterocycles. The Morgan fingerprint density at radius 1 is 0.605 bits per heavy atom. The Hall–Kier alpha value is -3.84. The van der Waals surface area contributed by atoms with Crippen molar-refractivity contribution in [3.8, 4) is 19.8 Å². The van der Waals surface area contributed by atoms with Crippen molar-refractivity contribution < 1.29 is 19.2 Å². The summed E-state index contributed by atoms with van der Waals surface area (Å²) in [5.74, 6) is -1.99. The minimum Gasteiger partial charge on any atom is -0.277 e. The van der Waals surface area contributed by atoms with Gasteiger partial charge in [0.05, 0.1) is 52.4 Å². The minimum absolute atomic E-state index is 0.245. The molecule has 2 aliphatic rings. The van der Waals surface area contributed by atoms with E-state index >= 15 is 0 Å². The number of amides is 4. The Balaban J connectivity index is 1.66. The first-order valence-corrected chi connectivity index (χ1v) is 14.7. The van der Waals surface area contributed by atoms with Crippen molar-refractivity contribution in [2.45, 2.75) is 0 Å². The molecule has 0 fully saturated rings. The van der Waals surface area contributed by atoms with Crippen LogP contribution in [0.1, 0.15) is 41.4 Å². The molecule has 8 rings (SSSR count). The number of imide groups is 2. The highest BCUT2D eigenvalue weighted by atomic mass is 32.1. The summed E-state index contributed by atoms with van der Waals surface area (Å²) in [4.78, 5) is 68.4. The largest absolute Gasteiger partial charge is 0.277 e. The van der Waals surface area contributed by atoms with E-state index in [2.05, 4.69) is 0 Å². The molecule has 0 N–H and O–H groups in total. The quantitative estimate of drug-likeness (QED) is 0.237. The molecule has 0 radical (unpaired) electrons. The lowest BCUT2D eigenvalue weighted by Gasteiger charge is -2.30. The standard InChI is InChI=1S/C26H12N4O4S4/c1-29-23(31)13-11-12-14(18-19(15(11)25(29)33)37-22(28-18)10-6-4-8-36-10)24(32)30(2)26(34)16(12)20-17(13)27-21(38-20)9-5-3-7-35-9/h3-8H,1-2H3. The molecule has 184 valence electrons. The van der Waals surface area contributed by atoms with Crippen LogP contribution in [0.15, 0.2) is 35.0 Å². The third-order valence-corrected chi connectivity index (χ3v) is 11.2. The van der Waals surface area contributed by atoms with E-state index in [1.165, 1.54) is 59.4 Å². The molecule has 0 bridgehead atoms. The first-order valence-electron chi connectivity index (χ1n) is 11.4. The van der Waals surface area contributed by atoms with Crippen molar-refractivity contribution in [3.63, 3.8) is 0 Å². The van der Waals surface area contributed by atoms with E-state index in [0.717, 1.165) is 19.6 Å². The first kappa shape index (κ1) is 22.2. The van der Waals surface area contributed by atoms with Gasteiger partial charge in [0.1, 0.15) is 10.0 Å². The number of thiazole rings is 2. The normalized spacial score (nSPS) is 15.2. The predicted octanol–water partition coefficient (Wildman–Crippen LogP) is 5.97. The third-order valence-electron chi connectivity index (χ3n) is 6.97. The summed E-state index contributed by atoms with van der Waals surface area (Å²) in [5.41, 5.74) is 1.81. The highest BCUT2D eigenvalue weighted by Gasteiger charge is 2.44. The van der Waals surface area contributed by atoms with Crippen LogP contribution in [-0.4, -0.2) is 57.5 Å².